The molecule has 4 heterocycles. The molecule has 0 N–H and O–H groups in total. The van der Waals surface area contributed by atoms with E-state index in [0.717, 1.165) is 47.3 Å². The molecule has 0 unspecified atom stereocenters. The van der Waals surface area contributed by atoms with Gasteiger partial charge in [-0.25, -0.2) is 4.98 Å². The SMILES string of the molecule is COC[C@H]1CCCN1C(=O)c1ccc2c(-c3cnc4ccc(C#N)cn34)nn(C)c2c1.Cl. The van der Waals surface area contributed by atoms with Crippen molar-refractivity contribution in [1.82, 2.24) is 24.1 Å². The van der Waals surface area contributed by atoms with E-state index in [9.17, 15) is 10.1 Å². The molecule has 0 spiro atoms. The number of hydrogen-bond acceptors (Lipinski definition) is 5. The molecule has 1 atom stereocenters. The first-order chi connectivity index (χ1) is 15.1. The van der Waals surface area contributed by atoms with Crippen molar-refractivity contribution in [2.75, 3.05) is 20.3 Å². The zero-order chi connectivity index (χ0) is 21.5. The number of ether oxygens (including phenoxy) is 1. The molecule has 0 radical (unpaired) electrons. The molecular weight excluding hydrogens is 428 g/mol. The van der Waals surface area contributed by atoms with Crippen LogP contribution in [0.2, 0.25) is 0 Å². The molecule has 8 nitrogen and oxygen atoms in total. The van der Waals surface area contributed by atoms with Crippen LogP contribution in [0.1, 0.15) is 28.8 Å². The molecule has 0 aliphatic carbocycles. The lowest BCUT2D eigenvalue weighted by Crippen LogP contribution is -2.38. The summed E-state index contributed by atoms with van der Waals surface area (Å²) in [6, 6.07) is 11.6. The topological polar surface area (TPSA) is 88.4 Å². The highest BCUT2D eigenvalue weighted by molar-refractivity contribution is 6.01. The van der Waals surface area contributed by atoms with Gasteiger partial charge >= 0.3 is 0 Å². The number of carbonyl (C=O) groups excluding carboxylic acids is 1. The van der Waals surface area contributed by atoms with E-state index >= 15 is 0 Å². The van der Waals surface area contributed by atoms with Gasteiger partial charge in [-0.15, -0.1) is 12.4 Å². The van der Waals surface area contributed by atoms with Crippen LogP contribution in [0.4, 0.5) is 0 Å². The first-order valence-electron chi connectivity index (χ1n) is 10.2. The van der Waals surface area contributed by atoms with Crippen molar-refractivity contribution >= 4 is 34.9 Å². The average molecular weight is 451 g/mol. The van der Waals surface area contributed by atoms with Crippen molar-refractivity contribution in [3.05, 3.63) is 53.9 Å². The van der Waals surface area contributed by atoms with Gasteiger partial charge in [0.25, 0.3) is 5.91 Å². The number of methoxy groups -OCH3 is 1. The molecule has 32 heavy (non-hydrogen) atoms. The summed E-state index contributed by atoms with van der Waals surface area (Å²) in [6.07, 6.45) is 5.49. The molecule has 0 bridgehead atoms. The normalized spacial score (nSPS) is 15.8. The van der Waals surface area contributed by atoms with Crippen molar-refractivity contribution in [3.63, 3.8) is 0 Å². The summed E-state index contributed by atoms with van der Waals surface area (Å²) in [4.78, 5) is 19.5. The van der Waals surface area contributed by atoms with E-state index in [1.54, 1.807) is 30.3 Å². The van der Waals surface area contributed by atoms with Crippen LogP contribution < -0.4 is 0 Å². The van der Waals surface area contributed by atoms with Gasteiger partial charge in [0.15, 0.2) is 0 Å². The van der Waals surface area contributed by atoms with Crippen LogP contribution in [0.15, 0.2) is 42.7 Å². The molecule has 5 rings (SSSR count). The van der Waals surface area contributed by atoms with Crippen LogP contribution in [-0.4, -0.2) is 56.3 Å². The monoisotopic (exact) mass is 450 g/mol. The number of nitriles is 1. The standard InChI is InChI=1S/C23H22N6O2.ClH/c1-27-19-10-16(23(30)28-9-3-4-17(28)14-31-2)6-7-18(19)22(26-27)20-12-25-21-8-5-15(11-24)13-29(20)21;/h5-8,10,12-13,17H,3-4,9,14H2,1-2H3;1H/t17-;/m1./s1. The molecular formula is C23H23ClN6O2. The zero-order valence-electron chi connectivity index (χ0n) is 17.9. The Labute approximate surface area is 191 Å². The number of fused-ring (bicyclic) bond motifs is 2. The smallest absolute Gasteiger partial charge is 0.254 e. The fourth-order valence-electron chi connectivity index (χ4n) is 4.44. The Bertz CT molecular complexity index is 1350. The largest absolute Gasteiger partial charge is 0.383 e. The third kappa shape index (κ3) is 3.49. The fourth-order valence-corrected chi connectivity index (χ4v) is 4.44. The van der Waals surface area contributed by atoms with Crippen LogP contribution >= 0.6 is 12.4 Å². The molecule has 9 heteroatoms. The minimum absolute atomic E-state index is 0. The van der Waals surface area contributed by atoms with Crippen molar-refractivity contribution in [2.45, 2.75) is 18.9 Å². The maximum Gasteiger partial charge on any atom is 0.254 e. The van der Waals surface area contributed by atoms with Crippen molar-refractivity contribution < 1.29 is 9.53 Å². The van der Waals surface area contributed by atoms with Crippen molar-refractivity contribution in [2.24, 2.45) is 7.05 Å². The Morgan fingerprint density at radius 3 is 2.94 bits per heavy atom. The van der Waals surface area contributed by atoms with Crippen LogP contribution in [-0.2, 0) is 11.8 Å². The van der Waals surface area contributed by atoms with Gasteiger partial charge < -0.3 is 9.64 Å². The molecule has 1 fully saturated rings. The van der Waals surface area contributed by atoms with Crippen LogP contribution in [0.5, 0.6) is 0 Å². The number of nitrogens with zero attached hydrogens (tertiary/aromatic N) is 6. The van der Waals surface area contributed by atoms with Crippen molar-refractivity contribution in [1.29, 1.82) is 5.26 Å². The maximum atomic E-state index is 13.2. The van der Waals surface area contributed by atoms with Gasteiger partial charge in [-0.05, 0) is 43.2 Å². The van der Waals surface area contributed by atoms with Gasteiger partial charge in [0.1, 0.15) is 17.4 Å². The molecule has 1 amide bonds. The second kappa shape index (κ2) is 8.61. The molecule has 4 aromatic rings. The quantitative estimate of drug-likeness (QED) is 0.475. The van der Waals surface area contributed by atoms with Gasteiger partial charge in [0, 0.05) is 37.8 Å². The van der Waals surface area contributed by atoms with Gasteiger partial charge in [-0.2, -0.15) is 10.4 Å². The molecule has 1 aliphatic rings. The van der Waals surface area contributed by atoms with Crippen LogP contribution in [0.25, 0.3) is 27.9 Å². The summed E-state index contributed by atoms with van der Waals surface area (Å²) >= 11 is 0. The minimum atomic E-state index is 0. The first-order valence-corrected chi connectivity index (χ1v) is 10.2. The molecule has 164 valence electrons. The summed E-state index contributed by atoms with van der Waals surface area (Å²) in [7, 11) is 3.54. The number of pyridine rings is 1. The minimum Gasteiger partial charge on any atom is -0.383 e. The van der Waals surface area contributed by atoms with Gasteiger partial charge in [-0.3, -0.25) is 13.9 Å². The molecule has 1 aromatic carbocycles. The Morgan fingerprint density at radius 1 is 1.31 bits per heavy atom. The second-order valence-electron chi connectivity index (χ2n) is 7.86. The number of aryl methyl sites for hydroxylation is 1. The summed E-state index contributed by atoms with van der Waals surface area (Å²) in [5.41, 5.74) is 4.38. The molecule has 0 saturated carbocycles. The predicted molar refractivity (Wildman–Crippen MR) is 123 cm³/mol. The Balaban J connectivity index is 0.00000245. The lowest BCUT2D eigenvalue weighted by Gasteiger charge is -2.24. The first kappa shape index (κ1) is 21.8. The van der Waals surface area contributed by atoms with E-state index < -0.39 is 0 Å². The Kier molecular flexibility index (Phi) is 5.87. The second-order valence-corrected chi connectivity index (χ2v) is 7.86. The molecule has 1 saturated heterocycles. The maximum absolute atomic E-state index is 13.2. The highest BCUT2D eigenvalue weighted by Gasteiger charge is 2.29. The number of hydrogen-bond donors (Lipinski definition) is 0. The fraction of sp³-hybridized carbons (Fsp3) is 0.304. The lowest BCUT2D eigenvalue weighted by molar-refractivity contribution is 0.0631. The van der Waals surface area contributed by atoms with E-state index in [2.05, 4.69) is 11.1 Å². The number of aromatic nitrogens is 4. The highest BCUT2D eigenvalue weighted by atomic mass is 35.5. The van der Waals surface area contributed by atoms with Gasteiger partial charge in [0.05, 0.1) is 35.6 Å². The number of benzene rings is 1. The van der Waals surface area contributed by atoms with Gasteiger partial charge in [0.2, 0.25) is 0 Å². The molecule has 1 aliphatic heterocycles. The van der Waals surface area contributed by atoms with E-state index in [0.29, 0.717) is 17.7 Å². The summed E-state index contributed by atoms with van der Waals surface area (Å²) in [5, 5.41) is 14.9. The Morgan fingerprint density at radius 2 is 2.16 bits per heavy atom. The van der Waals surface area contributed by atoms with Gasteiger partial charge in [-0.1, -0.05) is 0 Å². The Hall–Kier alpha value is -3.41. The summed E-state index contributed by atoms with van der Waals surface area (Å²) in [5.74, 6) is 0.0256. The van der Waals surface area contributed by atoms with E-state index in [-0.39, 0.29) is 24.4 Å². The average Bonchev–Trinajstić information content (AvgIpc) is 3.50. The number of rotatable bonds is 4. The number of amides is 1. The van der Waals surface area contributed by atoms with Crippen molar-refractivity contribution in [3.8, 4) is 17.5 Å². The van der Waals surface area contributed by atoms with E-state index in [4.69, 9.17) is 9.84 Å². The zero-order valence-corrected chi connectivity index (χ0v) is 18.7. The number of imidazole rings is 1. The third-order valence-electron chi connectivity index (χ3n) is 5.97. The summed E-state index contributed by atoms with van der Waals surface area (Å²) in [6.45, 7) is 1.31. The summed E-state index contributed by atoms with van der Waals surface area (Å²) < 4.78 is 8.95. The lowest BCUT2D eigenvalue weighted by atomic mass is 10.1. The number of likely N-dealkylation sites (tertiary alicyclic amines) is 1. The number of carbonyl (C=O) groups is 1. The van der Waals surface area contributed by atoms with Crippen LogP contribution in [0.3, 0.4) is 0 Å². The van der Waals surface area contributed by atoms with E-state index in [1.165, 1.54) is 0 Å². The van der Waals surface area contributed by atoms with E-state index in [1.807, 2.05) is 40.6 Å². The number of halogens is 1. The molecule has 3 aromatic heterocycles. The predicted octanol–water partition coefficient (Wildman–Crippen LogP) is 3.43. The van der Waals surface area contributed by atoms with Crippen LogP contribution in [0, 0.1) is 11.3 Å². The highest BCUT2D eigenvalue weighted by Crippen LogP contribution is 2.30. The third-order valence-corrected chi connectivity index (χ3v) is 5.97.